The van der Waals surface area contributed by atoms with Gasteiger partial charge in [0, 0.05) is 29.3 Å². The van der Waals surface area contributed by atoms with Crippen molar-refractivity contribution in [1.82, 2.24) is 9.13 Å². The Kier molecular flexibility index (Phi) is 4.93. The Labute approximate surface area is 186 Å². The van der Waals surface area contributed by atoms with E-state index in [2.05, 4.69) is 53.3 Å². The predicted molar refractivity (Wildman–Crippen MR) is 123 cm³/mol. The Morgan fingerprint density at radius 2 is 1.84 bits per heavy atom. The molecule has 0 saturated heterocycles. The van der Waals surface area contributed by atoms with Crippen LogP contribution in [0.3, 0.4) is 0 Å². The fourth-order valence-electron chi connectivity index (χ4n) is 4.84. The first-order chi connectivity index (χ1) is 15.5. The SMILES string of the molecule is CCOC(=O)Oc1ccn2c1Cc1c(n(-c3c(C)ccc(OC)c3C)c3ccccc13)C2. The van der Waals surface area contributed by atoms with Crippen LogP contribution in [0, 0.1) is 13.8 Å². The predicted octanol–water partition coefficient (Wildman–Crippen LogP) is 5.55. The molecular formula is C26H26N2O4. The highest BCUT2D eigenvalue weighted by atomic mass is 16.7. The molecule has 3 heterocycles. The molecule has 164 valence electrons. The molecule has 0 radical (unpaired) electrons. The minimum absolute atomic E-state index is 0.283. The summed E-state index contributed by atoms with van der Waals surface area (Å²) in [6.45, 7) is 6.98. The maximum atomic E-state index is 11.9. The van der Waals surface area contributed by atoms with Gasteiger partial charge in [-0.25, -0.2) is 4.79 Å². The number of methoxy groups -OCH3 is 1. The summed E-state index contributed by atoms with van der Waals surface area (Å²) in [4.78, 5) is 11.9. The number of hydrogen-bond acceptors (Lipinski definition) is 4. The molecule has 4 aromatic rings. The van der Waals surface area contributed by atoms with Crippen molar-refractivity contribution >= 4 is 17.1 Å². The van der Waals surface area contributed by atoms with Gasteiger partial charge in [-0.3, -0.25) is 0 Å². The van der Waals surface area contributed by atoms with E-state index in [-0.39, 0.29) is 6.61 Å². The first kappa shape index (κ1) is 20.2. The molecule has 32 heavy (non-hydrogen) atoms. The Balaban J connectivity index is 1.68. The van der Waals surface area contributed by atoms with E-state index in [1.54, 1.807) is 14.0 Å². The molecule has 0 N–H and O–H groups in total. The normalized spacial score (nSPS) is 12.4. The van der Waals surface area contributed by atoms with E-state index in [1.165, 1.54) is 22.2 Å². The highest BCUT2D eigenvalue weighted by Crippen LogP contribution is 2.40. The van der Waals surface area contributed by atoms with Gasteiger partial charge < -0.3 is 23.3 Å². The number of carbonyl (C=O) groups excluding carboxylic acids is 1. The smallest absolute Gasteiger partial charge is 0.496 e. The van der Waals surface area contributed by atoms with Crippen LogP contribution in [0.25, 0.3) is 16.6 Å². The average Bonchev–Trinajstić information content (AvgIpc) is 3.32. The lowest BCUT2D eigenvalue weighted by atomic mass is 10.0. The number of aromatic nitrogens is 2. The molecular weight excluding hydrogens is 404 g/mol. The summed E-state index contributed by atoms with van der Waals surface area (Å²) in [6, 6.07) is 14.4. The molecule has 0 unspecified atom stereocenters. The van der Waals surface area contributed by atoms with Crippen LogP contribution in [-0.4, -0.2) is 29.0 Å². The van der Waals surface area contributed by atoms with Crippen LogP contribution in [-0.2, 0) is 17.7 Å². The standard InChI is InChI=1S/C26H26N2O4/c1-5-31-26(29)32-24-12-13-27-15-22-19(14-21(24)27)18-8-6-7-9-20(18)28(22)25-16(2)10-11-23(30-4)17(25)3/h6-13H,5,14-15H2,1-4H3. The van der Waals surface area contributed by atoms with Gasteiger partial charge in [-0.2, -0.15) is 0 Å². The summed E-state index contributed by atoms with van der Waals surface area (Å²) in [6.07, 6.45) is 1.98. The quantitative estimate of drug-likeness (QED) is 0.351. The van der Waals surface area contributed by atoms with E-state index in [9.17, 15) is 4.79 Å². The topological polar surface area (TPSA) is 54.6 Å². The number of benzene rings is 2. The molecule has 0 amide bonds. The third-order valence-electron chi connectivity index (χ3n) is 6.27. The zero-order valence-electron chi connectivity index (χ0n) is 18.8. The lowest BCUT2D eigenvalue weighted by Gasteiger charge is -2.23. The highest BCUT2D eigenvalue weighted by molar-refractivity contribution is 5.89. The van der Waals surface area contributed by atoms with Crippen LogP contribution in [0.2, 0.25) is 0 Å². The monoisotopic (exact) mass is 430 g/mol. The van der Waals surface area contributed by atoms with Crippen molar-refractivity contribution in [1.29, 1.82) is 0 Å². The molecule has 1 aliphatic rings. The van der Waals surface area contributed by atoms with Crippen molar-refractivity contribution in [3.05, 3.63) is 76.7 Å². The number of aryl methyl sites for hydroxylation is 1. The summed E-state index contributed by atoms with van der Waals surface area (Å²) in [5, 5.41) is 1.21. The second-order valence-electron chi connectivity index (χ2n) is 8.05. The molecule has 0 atom stereocenters. The molecule has 0 spiro atoms. The first-order valence-corrected chi connectivity index (χ1v) is 10.8. The van der Waals surface area contributed by atoms with Gasteiger partial charge >= 0.3 is 6.16 Å². The van der Waals surface area contributed by atoms with Crippen LogP contribution in [0.15, 0.2) is 48.7 Å². The Hall–Kier alpha value is -3.67. The first-order valence-electron chi connectivity index (χ1n) is 10.8. The van der Waals surface area contributed by atoms with Crippen LogP contribution < -0.4 is 9.47 Å². The van der Waals surface area contributed by atoms with Gasteiger partial charge in [-0.15, -0.1) is 0 Å². The van der Waals surface area contributed by atoms with Crippen LogP contribution in [0.4, 0.5) is 4.79 Å². The number of fused-ring (bicyclic) bond motifs is 4. The minimum atomic E-state index is -0.669. The summed E-state index contributed by atoms with van der Waals surface area (Å²) < 4.78 is 20.6. The molecule has 5 rings (SSSR count). The number of nitrogens with zero attached hydrogens (tertiary/aromatic N) is 2. The second-order valence-corrected chi connectivity index (χ2v) is 8.05. The van der Waals surface area contributed by atoms with Gasteiger partial charge in [0.25, 0.3) is 0 Å². The fourth-order valence-corrected chi connectivity index (χ4v) is 4.84. The molecule has 0 aliphatic carbocycles. The molecule has 1 aliphatic heterocycles. The summed E-state index contributed by atoms with van der Waals surface area (Å²) in [5.74, 6) is 1.43. The number of ether oxygens (including phenoxy) is 3. The lowest BCUT2D eigenvalue weighted by molar-refractivity contribution is 0.104. The molecule has 0 saturated carbocycles. The van der Waals surface area contributed by atoms with Crippen molar-refractivity contribution in [3.8, 4) is 17.2 Å². The molecule has 0 fully saturated rings. The summed E-state index contributed by atoms with van der Waals surface area (Å²) in [7, 11) is 1.71. The molecule has 6 nitrogen and oxygen atoms in total. The van der Waals surface area contributed by atoms with Crippen LogP contribution in [0.5, 0.6) is 11.5 Å². The third-order valence-corrected chi connectivity index (χ3v) is 6.27. The van der Waals surface area contributed by atoms with Crippen LogP contribution >= 0.6 is 0 Å². The van der Waals surface area contributed by atoms with Gasteiger partial charge in [-0.05, 0) is 50.1 Å². The van der Waals surface area contributed by atoms with Crippen molar-refractivity contribution < 1.29 is 19.0 Å². The van der Waals surface area contributed by atoms with Gasteiger partial charge in [0.2, 0.25) is 0 Å². The minimum Gasteiger partial charge on any atom is -0.496 e. The van der Waals surface area contributed by atoms with Crippen molar-refractivity contribution in [3.63, 3.8) is 0 Å². The van der Waals surface area contributed by atoms with E-state index >= 15 is 0 Å². The van der Waals surface area contributed by atoms with Gasteiger partial charge in [0.15, 0.2) is 5.75 Å². The Bertz CT molecular complexity index is 1350. The summed E-state index contributed by atoms with van der Waals surface area (Å²) in [5.41, 5.74) is 8.08. The van der Waals surface area contributed by atoms with E-state index < -0.39 is 6.16 Å². The Morgan fingerprint density at radius 3 is 2.62 bits per heavy atom. The largest absolute Gasteiger partial charge is 0.513 e. The average molecular weight is 431 g/mol. The lowest BCUT2D eigenvalue weighted by Crippen LogP contribution is -2.18. The maximum Gasteiger partial charge on any atom is 0.513 e. The second kappa shape index (κ2) is 7.79. The molecule has 2 aromatic heterocycles. The van der Waals surface area contributed by atoms with Gasteiger partial charge in [-0.1, -0.05) is 24.3 Å². The maximum absolute atomic E-state index is 11.9. The van der Waals surface area contributed by atoms with Crippen LogP contribution in [0.1, 0.15) is 35.0 Å². The number of rotatable bonds is 4. The van der Waals surface area contributed by atoms with E-state index in [0.717, 1.165) is 28.2 Å². The van der Waals surface area contributed by atoms with Crippen molar-refractivity contribution in [2.45, 2.75) is 33.7 Å². The van der Waals surface area contributed by atoms with Crippen molar-refractivity contribution in [2.75, 3.05) is 13.7 Å². The molecule has 6 heteroatoms. The number of carbonyl (C=O) groups is 1. The highest BCUT2D eigenvalue weighted by Gasteiger charge is 2.28. The number of hydrogen-bond donors (Lipinski definition) is 0. The van der Waals surface area contributed by atoms with E-state index in [0.29, 0.717) is 18.7 Å². The Morgan fingerprint density at radius 1 is 1.03 bits per heavy atom. The zero-order valence-corrected chi connectivity index (χ0v) is 18.8. The third kappa shape index (κ3) is 3.06. The number of para-hydroxylation sites is 1. The van der Waals surface area contributed by atoms with Gasteiger partial charge in [0.05, 0.1) is 37.2 Å². The molecule has 2 aromatic carbocycles. The summed E-state index contributed by atoms with van der Waals surface area (Å²) >= 11 is 0. The molecule has 0 bridgehead atoms. The van der Waals surface area contributed by atoms with Crippen molar-refractivity contribution in [2.24, 2.45) is 0 Å². The van der Waals surface area contributed by atoms with Gasteiger partial charge in [0.1, 0.15) is 5.75 Å². The fraction of sp³-hybridized carbons (Fsp3) is 0.269. The van der Waals surface area contributed by atoms with E-state index in [1.807, 2.05) is 18.3 Å². The zero-order chi connectivity index (χ0) is 22.4. The van der Waals surface area contributed by atoms with E-state index in [4.69, 9.17) is 14.2 Å².